The maximum Gasteiger partial charge on any atom is 0.240 e. The van der Waals surface area contributed by atoms with Gasteiger partial charge in [-0.05, 0) is 49.3 Å². The quantitative estimate of drug-likeness (QED) is 0.612. The van der Waals surface area contributed by atoms with Gasteiger partial charge in [-0.2, -0.15) is 0 Å². The number of likely N-dealkylation sites (tertiary alicyclic amines) is 1. The molecule has 1 saturated heterocycles. The second-order valence-electron chi connectivity index (χ2n) is 8.90. The molecule has 1 aliphatic carbocycles. The summed E-state index contributed by atoms with van der Waals surface area (Å²) in [5, 5.41) is 0. The Kier molecular flexibility index (Phi) is 5.94. The highest BCUT2D eigenvalue weighted by molar-refractivity contribution is 6.10. The van der Waals surface area contributed by atoms with E-state index < -0.39 is 5.41 Å². The molecule has 2 aliphatic rings. The SMILES string of the molecule is CCN1C(=O)CC(CC(=O)N(Cc2ccccc2)CC2CC2)(c2ccccc2C)C1=O. The minimum Gasteiger partial charge on any atom is -0.338 e. The van der Waals surface area contributed by atoms with E-state index in [0.29, 0.717) is 25.6 Å². The van der Waals surface area contributed by atoms with Crippen LogP contribution in [0, 0.1) is 12.8 Å². The number of hydrogen-bond donors (Lipinski definition) is 0. The Bertz CT molecular complexity index is 983. The third kappa shape index (κ3) is 4.27. The van der Waals surface area contributed by atoms with Crippen LogP contribution in [0.1, 0.15) is 49.3 Å². The van der Waals surface area contributed by atoms with Gasteiger partial charge in [-0.1, -0.05) is 54.6 Å². The molecule has 1 heterocycles. The number of likely N-dealkylation sites (N-methyl/N-ethyl adjacent to an activating group) is 1. The molecule has 0 radical (unpaired) electrons. The predicted octanol–water partition coefficient (Wildman–Crippen LogP) is 3.84. The van der Waals surface area contributed by atoms with E-state index in [4.69, 9.17) is 0 Å². The minimum absolute atomic E-state index is 0.0263. The molecule has 0 N–H and O–H groups in total. The van der Waals surface area contributed by atoms with Crippen molar-refractivity contribution in [2.75, 3.05) is 13.1 Å². The standard InChI is InChI=1S/C26H30N2O3/c1-3-28-24(30)16-26(25(28)31,22-12-8-7-9-19(22)2)15-23(29)27(18-21-13-14-21)17-20-10-5-4-6-11-20/h4-12,21H,3,13-18H2,1-2H3. The van der Waals surface area contributed by atoms with Crippen LogP contribution in [0.5, 0.6) is 0 Å². The van der Waals surface area contributed by atoms with Gasteiger partial charge in [-0.25, -0.2) is 0 Å². The van der Waals surface area contributed by atoms with Crippen molar-refractivity contribution in [3.8, 4) is 0 Å². The molecule has 3 amide bonds. The molecule has 1 aliphatic heterocycles. The fourth-order valence-electron chi connectivity index (χ4n) is 4.71. The molecule has 4 rings (SSSR count). The number of benzene rings is 2. The highest BCUT2D eigenvalue weighted by Gasteiger charge is 2.54. The van der Waals surface area contributed by atoms with Crippen LogP contribution in [0.25, 0.3) is 0 Å². The molecule has 5 nitrogen and oxygen atoms in total. The molecular formula is C26H30N2O3. The van der Waals surface area contributed by atoms with Gasteiger partial charge in [0.1, 0.15) is 0 Å². The Morgan fingerprint density at radius 2 is 1.74 bits per heavy atom. The van der Waals surface area contributed by atoms with E-state index in [-0.39, 0.29) is 30.6 Å². The topological polar surface area (TPSA) is 57.7 Å². The number of imide groups is 1. The molecule has 2 aromatic rings. The normalized spacial score (nSPS) is 20.9. The van der Waals surface area contributed by atoms with E-state index in [1.807, 2.05) is 66.4 Å². The summed E-state index contributed by atoms with van der Waals surface area (Å²) in [6.45, 7) is 5.31. The first-order valence-corrected chi connectivity index (χ1v) is 11.2. The summed E-state index contributed by atoms with van der Waals surface area (Å²) in [6, 6.07) is 17.6. The highest BCUT2D eigenvalue weighted by atomic mass is 16.2. The zero-order chi connectivity index (χ0) is 22.0. The lowest BCUT2D eigenvalue weighted by Gasteiger charge is -2.31. The molecule has 1 saturated carbocycles. The summed E-state index contributed by atoms with van der Waals surface area (Å²) in [6.07, 6.45) is 2.36. The van der Waals surface area contributed by atoms with Crippen molar-refractivity contribution in [1.82, 2.24) is 9.80 Å². The van der Waals surface area contributed by atoms with Gasteiger partial charge in [0.15, 0.2) is 0 Å². The van der Waals surface area contributed by atoms with Gasteiger partial charge in [0.05, 0.1) is 5.41 Å². The molecule has 0 spiro atoms. The summed E-state index contributed by atoms with van der Waals surface area (Å²) < 4.78 is 0. The van der Waals surface area contributed by atoms with E-state index in [2.05, 4.69) is 0 Å². The summed E-state index contributed by atoms with van der Waals surface area (Å²) in [5.74, 6) is 0.0438. The summed E-state index contributed by atoms with van der Waals surface area (Å²) in [4.78, 5) is 43.1. The summed E-state index contributed by atoms with van der Waals surface area (Å²) in [5.41, 5.74) is 1.69. The average Bonchev–Trinajstić information content (AvgIpc) is 3.54. The molecule has 0 bridgehead atoms. The van der Waals surface area contributed by atoms with Gasteiger partial charge in [0.2, 0.25) is 17.7 Å². The lowest BCUT2D eigenvalue weighted by Crippen LogP contribution is -2.44. The Morgan fingerprint density at radius 3 is 2.35 bits per heavy atom. The van der Waals surface area contributed by atoms with E-state index >= 15 is 0 Å². The van der Waals surface area contributed by atoms with Gasteiger partial charge in [0, 0.05) is 32.5 Å². The van der Waals surface area contributed by atoms with Gasteiger partial charge in [-0.3, -0.25) is 19.3 Å². The Morgan fingerprint density at radius 1 is 1.06 bits per heavy atom. The zero-order valence-corrected chi connectivity index (χ0v) is 18.3. The first kappa shape index (κ1) is 21.3. The third-order valence-corrected chi connectivity index (χ3v) is 6.58. The van der Waals surface area contributed by atoms with Crippen molar-refractivity contribution in [2.45, 2.75) is 51.5 Å². The molecule has 5 heteroatoms. The monoisotopic (exact) mass is 418 g/mol. The maximum atomic E-state index is 13.6. The van der Waals surface area contributed by atoms with Crippen LogP contribution >= 0.6 is 0 Å². The third-order valence-electron chi connectivity index (χ3n) is 6.58. The first-order valence-electron chi connectivity index (χ1n) is 11.2. The van der Waals surface area contributed by atoms with Crippen molar-refractivity contribution in [3.05, 3.63) is 71.3 Å². The summed E-state index contributed by atoms with van der Waals surface area (Å²) in [7, 11) is 0. The van der Waals surface area contributed by atoms with Crippen LogP contribution in [0.2, 0.25) is 0 Å². The number of rotatable bonds is 8. The van der Waals surface area contributed by atoms with Crippen LogP contribution in [0.4, 0.5) is 0 Å². The Balaban J connectivity index is 1.67. The molecule has 2 aromatic carbocycles. The Labute approximate surface area is 184 Å². The van der Waals surface area contributed by atoms with Crippen molar-refractivity contribution in [1.29, 1.82) is 0 Å². The van der Waals surface area contributed by atoms with E-state index in [1.54, 1.807) is 6.92 Å². The fourth-order valence-corrected chi connectivity index (χ4v) is 4.71. The lowest BCUT2D eigenvalue weighted by molar-refractivity contribution is -0.142. The van der Waals surface area contributed by atoms with Gasteiger partial charge in [0.25, 0.3) is 0 Å². The number of amides is 3. The number of carbonyl (C=O) groups is 3. The van der Waals surface area contributed by atoms with Crippen molar-refractivity contribution in [2.24, 2.45) is 5.92 Å². The Hall–Kier alpha value is -2.95. The van der Waals surface area contributed by atoms with Crippen LogP contribution in [0.15, 0.2) is 54.6 Å². The van der Waals surface area contributed by atoms with Crippen LogP contribution < -0.4 is 0 Å². The number of nitrogens with zero attached hydrogens (tertiary/aromatic N) is 2. The zero-order valence-electron chi connectivity index (χ0n) is 18.3. The second kappa shape index (κ2) is 8.66. The average molecular weight is 419 g/mol. The predicted molar refractivity (Wildman–Crippen MR) is 119 cm³/mol. The summed E-state index contributed by atoms with van der Waals surface area (Å²) >= 11 is 0. The van der Waals surface area contributed by atoms with Gasteiger partial charge < -0.3 is 4.90 Å². The van der Waals surface area contributed by atoms with Gasteiger partial charge in [-0.15, -0.1) is 0 Å². The molecule has 1 atom stereocenters. The minimum atomic E-state index is -1.12. The van der Waals surface area contributed by atoms with Crippen LogP contribution in [-0.2, 0) is 26.3 Å². The molecule has 0 aromatic heterocycles. The number of aryl methyl sites for hydroxylation is 1. The molecule has 162 valence electrons. The van der Waals surface area contributed by atoms with E-state index in [9.17, 15) is 14.4 Å². The largest absolute Gasteiger partial charge is 0.338 e. The van der Waals surface area contributed by atoms with Crippen LogP contribution in [0.3, 0.4) is 0 Å². The van der Waals surface area contributed by atoms with Crippen molar-refractivity contribution >= 4 is 17.7 Å². The second-order valence-corrected chi connectivity index (χ2v) is 8.90. The van der Waals surface area contributed by atoms with E-state index in [1.165, 1.54) is 4.90 Å². The highest BCUT2D eigenvalue weighted by Crippen LogP contribution is 2.42. The van der Waals surface area contributed by atoms with Crippen LogP contribution in [-0.4, -0.2) is 40.6 Å². The molecule has 1 unspecified atom stereocenters. The number of carbonyl (C=O) groups excluding carboxylic acids is 3. The molecule has 31 heavy (non-hydrogen) atoms. The fraction of sp³-hybridized carbons (Fsp3) is 0.423. The van der Waals surface area contributed by atoms with Crippen molar-refractivity contribution in [3.63, 3.8) is 0 Å². The molecular weight excluding hydrogens is 388 g/mol. The first-order chi connectivity index (χ1) is 14.9. The van der Waals surface area contributed by atoms with E-state index in [0.717, 1.165) is 29.5 Å². The van der Waals surface area contributed by atoms with Crippen molar-refractivity contribution < 1.29 is 14.4 Å². The maximum absolute atomic E-state index is 13.6. The van der Waals surface area contributed by atoms with Gasteiger partial charge >= 0.3 is 0 Å². The lowest BCUT2D eigenvalue weighted by atomic mass is 9.74. The smallest absolute Gasteiger partial charge is 0.240 e. The number of hydrogen-bond acceptors (Lipinski definition) is 3. The molecule has 2 fully saturated rings.